The number of nitriles is 1. The lowest BCUT2D eigenvalue weighted by Gasteiger charge is -2.17. The van der Waals surface area contributed by atoms with Crippen LogP contribution >= 0.6 is 0 Å². The zero-order chi connectivity index (χ0) is 16.5. The van der Waals surface area contributed by atoms with Crippen LogP contribution in [0.1, 0.15) is 26.3 Å². The van der Waals surface area contributed by atoms with Crippen molar-refractivity contribution < 1.29 is 14.5 Å². The molecule has 1 unspecified atom stereocenters. The molecule has 0 fully saturated rings. The predicted molar refractivity (Wildman–Crippen MR) is 84.3 cm³/mol. The van der Waals surface area contributed by atoms with E-state index in [0.29, 0.717) is 17.8 Å². The molecule has 1 aromatic rings. The van der Waals surface area contributed by atoms with E-state index in [0.717, 1.165) is 4.90 Å². The number of anilines is 1. The fourth-order valence-corrected chi connectivity index (χ4v) is 2.01. The van der Waals surface area contributed by atoms with Gasteiger partial charge < -0.3 is 15.5 Å². The number of hydrogen-bond acceptors (Lipinski definition) is 3. The molecule has 0 radical (unpaired) electrons. The molecule has 2 amide bonds. The van der Waals surface area contributed by atoms with E-state index in [1.54, 1.807) is 24.3 Å². The van der Waals surface area contributed by atoms with Crippen LogP contribution < -0.4 is 15.5 Å². The van der Waals surface area contributed by atoms with Gasteiger partial charge in [0.25, 0.3) is 11.8 Å². The smallest absolute Gasteiger partial charge is 0.279 e. The summed E-state index contributed by atoms with van der Waals surface area (Å²) in [5, 5.41) is 14.4. The fraction of sp³-hybridized carbons (Fsp3) is 0.438. The number of carbonyl (C=O) groups is 2. The minimum absolute atomic E-state index is 0.0638. The second-order valence-electron chi connectivity index (χ2n) is 5.42. The lowest BCUT2D eigenvalue weighted by atomic mass is 10.2. The summed E-state index contributed by atoms with van der Waals surface area (Å²) in [5.41, 5.74) is 1.08. The van der Waals surface area contributed by atoms with E-state index in [1.807, 2.05) is 26.8 Å². The molecule has 6 heteroatoms. The second kappa shape index (κ2) is 8.80. The van der Waals surface area contributed by atoms with Crippen LogP contribution in [0.25, 0.3) is 0 Å². The van der Waals surface area contributed by atoms with E-state index in [4.69, 9.17) is 5.26 Å². The highest BCUT2D eigenvalue weighted by Gasteiger charge is 2.17. The Bertz CT molecular complexity index is 564. The van der Waals surface area contributed by atoms with Crippen molar-refractivity contribution in [2.45, 2.75) is 26.8 Å². The summed E-state index contributed by atoms with van der Waals surface area (Å²) in [5.74, 6) is -0.240. The molecule has 0 saturated heterocycles. The van der Waals surface area contributed by atoms with Gasteiger partial charge >= 0.3 is 0 Å². The maximum absolute atomic E-state index is 12.0. The van der Waals surface area contributed by atoms with Gasteiger partial charge in [-0.2, -0.15) is 5.26 Å². The van der Waals surface area contributed by atoms with Crippen LogP contribution in [-0.2, 0) is 9.59 Å². The van der Waals surface area contributed by atoms with E-state index in [2.05, 4.69) is 10.6 Å². The second-order valence-corrected chi connectivity index (χ2v) is 5.42. The zero-order valence-electron chi connectivity index (χ0n) is 13.3. The molecule has 1 aromatic carbocycles. The summed E-state index contributed by atoms with van der Waals surface area (Å²) in [4.78, 5) is 24.7. The molecule has 0 heterocycles. The Balaban J connectivity index is 2.54. The molecule has 3 N–H and O–H groups in total. The van der Waals surface area contributed by atoms with Crippen LogP contribution in [0.3, 0.4) is 0 Å². The van der Waals surface area contributed by atoms with Crippen LogP contribution in [0.15, 0.2) is 24.3 Å². The molecule has 0 aromatic heterocycles. The summed E-state index contributed by atoms with van der Waals surface area (Å²) in [6.45, 7) is 6.88. The van der Waals surface area contributed by atoms with Gasteiger partial charge in [-0.25, -0.2) is 0 Å². The van der Waals surface area contributed by atoms with Crippen molar-refractivity contribution >= 4 is 17.5 Å². The molecule has 0 aliphatic rings. The van der Waals surface area contributed by atoms with E-state index in [-0.39, 0.29) is 30.9 Å². The largest absolute Gasteiger partial charge is 0.349 e. The quantitative estimate of drug-likeness (QED) is 0.659. The SMILES string of the molecule is CC[NH+](CC(=O)Nc1cccc(C#N)c1)CC(=O)NC(C)C. The van der Waals surface area contributed by atoms with Crippen LogP contribution in [0.2, 0.25) is 0 Å². The standard InChI is InChI=1S/C16H22N4O2/c1-4-20(10-15(21)18-12(2)3)11-16(22)19-14-7-5-6-13(8-14)9-17/h5-8,12H,4,10-11H2,1-3H3,(H,18,21)(H,19,22)/p+1. The molecule has 0 spiro atoms. The van der Waals surface area contributed by atoms with Gasteiger partial charge in [0.1, 0.15) is 0 Å². The maximum Gasteiger partial charge on any atom is 0.279 e. The molecule has 118 valence electrons. The number of hydrogen-bond donors (Lipinski definition) is 3. The Morgan fingerprint density at radius 2 is 1.95 bits per heavy atom. The van der Waals surface area contributed by atoms with Crippen molar-refractivity contribution in [2.75, 3.05) is 25.0 Å². The molecule has 0 saturated carbocycles. The number of nitrogens with zero attached hydrogens (tertiary/aromatic N) is 1. The first-order valence-corrected chi connectivity index (χ1v) is 7.37. The Morgan fingerprint density at radius 1 is 1.27 bits per heavy atom. The number of nitrogens with one attached hydrogen (secondary N) is 3. The van der Waals surface area contributed by atoms with Gasteiger partial charge in [-0.05, 0) is 39.0 Å². The number of quaternary nitrogens is 1. The summed E-state index contributed by atoms with van der Waals surface area (Å²) < 4.78 is 0. The van der Waals surface area contributed by atoms with E-state index in [1.165, 1.54) is 0 Å². The maximum atomic E-state index is 12.0. The van der Waals surface area contributed by atoms with Gasteiger partial charge in [0, 0.05) is 11.7 Å². The van der Waals surface area contributed by atoms with Crippen LogP contribution in [0, 0.1) is 11.3 Å². The number of amides is 2. The third-order valence-electron chi connectivity index (χ3n) is 3.05. The van der Waals surface area contributed by atoms with Gasteiger partial charge in [-0.1, -0.05) is 6.07 Å². The first kappa shape index (κ1) is 17.7. The summed E-state index contributed by atoms with van der Waals surface area (Å²) >= 11 is 0. The van der Waals surface area contributed by atoms with Crippen LogP contribution in [-0.4, -0.2) is 37.5 Å². The minimum Gasteiger partial charge on any atom is -0.349 e. The van der Waals surface area contributed by atoms with Gasteiger partial charge in [-0.3, -0.25) is 9.59 Å². The monoisotopic (exact) mass is 303 g/mol. The minimum atomic E-state index is -0.177. The average molecular weight is 303 g/mol. The fourth-order valence-electron chi connectivity index (χ4n) is 2.01. The molecule has 0 aliphatic carbocycles. The van der Waals surface area contributed by atoms with Crippen molar-refractivity contribution in [3.8, 4) is 6.07 Å². The molecule has 0 aliphatic heterocycles. The highest BCUT2D eigenvalue weighted by Crippen LogP contribution is 2.08. The third kappa shape index (κ3) is 6.37. The molecule has 22 heavy (non-hydrogen) atoms. The van der Waals surface area contributed by atoms with Gasteiger partial charge in [0.2, 0.25) is 0 Å². The van der Waals surface area contributed by atoms with Crippen molar-refractivity contribution in [1.82, 2.24) is 5.32 Å². The molecule has 0 bridgehead atoms. The topological polar surface area (TPSA) is 86.4 Å². The predicted octanol–water partition coefficient (Wildman–Crippen LogP) is -0.0738. The first-order valence-electron chi connectivity index (χ1n) is 7.37. The number of benzene rings is 1. The lowest BCUT2D eigenvalue weighted by Crippen LogP contribution is -3.14. The van der Waals surface area contributed by atoms with Crippen molar-refractivity contribution in [1.29, 1.82) is 5.26 Å². The van der Waals surface area contributed by atoms with Gasteiger partial charge in [-0.15, -0.1) is 0 Å². The normalized spacial score (nSPS) is 11.6. The molecule has 1 atom stereocenters. The average Bonchev–Trinajstić information content (AvgIpc) is 2.45. The summed E-state index contributed by atoms with van der Waals surface area (Å²) in [7, 11) is 0. The number of carbonyl (C=O) groups excluding carboxylic acids is 2. The zero-order valence-corrected chi connectivity index (χ0v) is 13.3. The van der Waals surface area contributed by atoms with Crippen LogP contribution in [0.4, 0.5) is 5.69 Å². The van der Waals surface area contributed by atoms with Crippen molar-refractivity contribution in [2.24, 2.45) is 0 Å². The van der Waals surface area contributed by atoms with E-state index >= 15 is 0 Å². The van der Waals surface area contributed by atoms with Crippen LogP contribution in [0.5, 0.6) is 0 Å². The Hall–Kier alpha value is -2.39. The summed E-state index contributed by atoms with van der Waals surface area (Å²) in [6, 6.07) is 8.86. The van der Waals surface area contributed by atoms with Gasteiger partial charge in [0.05, 0.1) is 18.2 Å². The highest BCUT2D eigenvalue weighted by molar-refractivity contribution is 5.91. The van der Waals surface area contributed by atoms with Gasteiger partial charge in [0.15, 0.2) is 13.1 Å². The Labute approximate surface area is 131 Å². The third-order valence-corrected chi connectivity index (χ3v) is 3.05. The van der Waals surface area contributed by atoms with Crippen molar-refractivity contribution in [3.05, 3.63) is 29.8 Å². The Kier molecular flexibility index (Phi) is 7.06. The van der Waals surface area contributed by atoms with Crippen molar-refractivity contribution in [3.63, 3.8) is 0 Å². The lowest BCUT2D eigenvalue weighted by molar-refractivity contribution is -0.881. The summed E-state index contributed by atoms with van der Waals surface area (Å²) in [6.07, 6.45) is 0. The Morgan fingerprint density at radius 3 is 2.55 bits per heavy atom. The molecule has 6 nitrogen and oxygen atoms in total. The first-order chi connectivity index (χ1) is 10.4. The van der Waals surface area contributed by atoms with E-state index < -0.39 is 0 Å². The van der Waals surface area contributed by atoms with E-state index in [9.17, 15) is 9.59 Å². The molecular formula is C16H23N4O2+. The highest BCUT2D eigenvalue weighted by atomic mass is 16.2. The molecular weight excluding hydrogens is 280 g/mol. The number of likely N-dealkylation sites (N-methyl/N-ethyl adjacent to an activating group) is 1. The number of rotatable bonds is 7. The molecule has 1 rings (SSSR count).